The maximum Gasteiger partial charge on any atom is 0.264 e. The number of aromatic nitrogens is 2. The molecule has 4 aromatic rings. The van der Waals surface area contributed by atoms with Gasteiger partial charge in [-0.3, -0.25) is 4.31 Å². The summed E-state index contributed by atoms with van der Waals surface area (Å²) < 4.78 is 41.1. The molecule has 30 heavy (non-hydrogen) atoms. The van der Waals surface area contributed by atoms with E-state index in [-0.39, 0.29) is 11.4 Å². The molecule has 154 valence electrons. The fraction of sp³-hybridized carbons (Fsp3) is 0.136. The van der Waals surface area contributed by atoms with E-state index in [4.69, 9.17) is 9.47 Å². The maximum absolute atomic E-state index is 13.7. The van der Waals surface area contributed by atoms with Gasteiger partial charge in [-0.2, -0.15) is 0 Å². The van der Waals surface area contributed by atoms with Crippen LogP contribution in [0.1, 0.15) is 5.69 Å². The van der Waals surface area contributed by atoms with E-state index in [1.165, 1.54) is 30.7 Å². The third-order valence-corrected chi connectivity index (χ3v) is 6.56. The van der Waals surface area contributed by atoms with Crippen LogP contribution in [0.3, 0.4) is 0 Å². The van der Waals surface area contributed by atoms with Crippen LogP contribution in [0.5, 0.6) is 11.5 Å². The first-order valence-electron chi connectivity index (χ1n) is 9.25. The van der Waals surface area contributed by atoms with E-state index in [9.17, 15) is 8.42 Å². The molecule has 0 aliphatic heterocycles. The van der Waals surface area contributed by atoms with Gasteiger partial charge in [-0.15, -0.1) is 0 Å². The van der Waals surface area contributed by atoms with E-state index in [0.717, 1.165) is 11.3 Å². The number of fused-ring (bicyclic) bond motifs is 1. The smallest absolute Gasteiger partial charge is 0.264 e. The summed E-state index contributed by atoms with van der Waals surface area (Å²) >= 11 is 0. The summed E-state index contributed by atoms with van der Waals surface area (Å²) in [6, 6.07) is 19.2. The minimum Gasteiger partial charge on any atom is -0.493 e. The molecule has 7 nitrogen and oxygen atoms in total. The summed E-state index contributed by atoms with van der Waals surface area (Å²) in [5.74, 6) is 0.811. The molecule has 0 aliphatic carbocycles. The Morgan fingerprint density at radius 1 is 0.933 bits per heavy atom. The van der Waals surface area contributed by atoms with Gasteiger partial charge in [0.15, 0.2) is 11.5 Å². The van der Waals surface area contributed by atoms with Crippen molar-refractivity contribution in [1.82, 2.24) is 9.38 Å². The fourth-order valence-corrected chi connectivity index (χ4v) is 4.71. The lowest BCUT2D eigenvalue weighted by atomic mass is 10.3. The van der Waals surface area contributed by atoms with Crippen molar-refractivity contribution in [2.75, 3.05) is 18.5 Å². The molecule has 0 saturated heterocycles. The molecular formula is C22H21N3O4S. The average Bonchev–Trinajstić information content (AvgIpc) is 3.20. The number of rotatable bonds is 7. The van der Waals surface area contributed by atoms with E-state index in [2.05, 4.69) is 4.98 Å². The molecule has 4 rings (SSSR count). The molecule has 0 N–H and O–H groups in total. The zero-order chi connectivity index (χ0) is 21.1. The molecule has 2 aromatic carbocycles. The molecule has 0 spiro atoms. The van der Waals surface area contributed by atoms with Crippen LogP contribution in [-0.4, -0.2) is 32.0 Å². The summed E-state index contributed by atoms with van der Waals surface area (Å²) in [6.45, 7) is 0.117. The Morgan fingerprint density at radius 2 is 1.67 bits per heavy atom. The highest BCUT2D eigenvalue weighted by molar-refractivity contribution is 7.92. The summed E-state index contributed by atoms with van der Waals surface area (Å²) in [7, 11) is -0.919. The summed E-state index contributed by atoms with van der Waals surface area (Å²) in [6.07, 6.45) is 3.55. The monoisotopic (exact) mass is 423 g/mol. The minimum absolute atomic E-state index is 0.109. The number of hydrogen-bond acceptors (Lipinski definition) is 5. The van der Waals surface area contributed by atoms with Crippen molar-refractivity contribution in [2.45, 2.75) is 11.4 Å². The highest BCUT2D eigenvalue weighted by Gasteiger charge is 2.27. The number of imidazole rings is 1. The van der Waals surface area contributed by atoms with Gasteiger partial charge in [0.1, 0.15) is 5.65 Å². The predicted molar refractivity (Wildman–Crippen MR) is 115 cm³/mol. The third kappa shape index (κ3) is 3.57. The Morgan fingerprint density at radius 3 is 2.40 bits per heavy atom. The van der Waals surface area contributed by atoms with Crippen LogP contribution in [-0.2, 0) is 16.6 Å². The minimum atomic E-state index is -3.90. The number of nitrogens with zero attached hydrogens (tertiary/aromatic N) is 3. The van der Waals surface area contributed by atoms with E-state index in [0.29, 0.717) is 17.2 Å². The molecule has 2 heterocycles. The molecule has 0 aliphatic rings. The van der Waals surface area contributed by atoms with Crippen LogP contribution in [0, 0.1) is 0 Å². The Kier molecular flexibility index (Phi) is 5.33. The molecule has 8 heteroatoms. The zero-order valence-corrected chi connectivity index (χ0v) is 17.4. The highest BCUT2D eigenvalue weighted by Crippen LogP contribution is 2.33. The molecule has 0 fully saturated rings. The van der Waals surface area contributed by atoms with Crippen LogP contribution >= 0.6 is 0 Å². The topological polar surface area (TPSA) is 73.1 Å². The van der Waals surface area contributed by atoms with E-state index in [1.54, 1.807) is 36.5 Å². The highest BCUT2D eigenvalue weighted by atomic mass is 32.2. The first-order chi connectivity index (χ1) is 14.5. The summed E-state index contributed by atoms with van der Waals surface area (Å²) in [5, 5.41) is 0. The lowest BCUT2D eigenvalue weighted by molar-refractivity contribution is 0.354. The second-order valence-electron chi connectivity index (χ2n) is 6.54. The van der Waals surface area contributed by atoms with Crippen molar-refractivity contribution in [1.29, 1.82) is 0 Å². The predicted octanol–water partition coefficient (Wildman–Crippen LogP) is 3.75. The van der Waals surface area contributed by atoms with Crippen LogP contribution < -0.4 is 13.8 Å². The fourth-order valence-electron chi connectivity index (χ4n) is 3.26. The summed E-state index contributed by atoms with van der Waals surface area (Å²) in [4.78, 5) is 4.48. The van der Waals surface area contributed by atoms with Gasteiger partial charge in [0, 0.05) is 12.3 Å². The molecule has 0 atom stereocenters. The molecular weight excluding hydrogens is 402 g/mol. The number of pyridine rings is 1. The lowest BCUT2D eigenvalue weighted by Crippen LogP contribution is -2.31. The van der Waals surface area contributed by atoms with Crippen molar-refractivity contribution in [3.63, 3.8) is 0 Å². The Balaban J connectivity index is 1.82. The number of hydrogen-bond donors (Lipinski definition) is 0. The maximum atomic E-state index is 13.7. The molecule has 2 aromatic heterocycles. The van der Waals surface area contributed by atoms with Crippen LogP contribution in [0.2, 0.25) is 0 Å². The van der Waals surface area contributed by atoms with Crippen molar-refractivity contribution in [3.05, 3.63) is 84.8 Å². The van der Waals surface area contributed by atoms with Gasteiger partial charge < -0.3 is 13.9 Å². The number of benzene rings is 2. The Labute approximate surface area is 175 Å². The SMILES string of the molecule is COc1ccc(S(=O)(=O)N(Cc2cnc3ccccn23)c2ccccc2)cc1OC. The van der Waals surface area contributed by atoms with E-state index in [1.807, 2.05) is 34.9 Å². The van der Waals surface area contributed by atoms with E-state index >= 15 is 0 Å². The largest absolute Gasteiger partial charge is 0.493 e. The lowest BCUT2D eigenvalue weighted by Gasteiger charge is -2.25. The first kappa shape index (κ1) is 19.8. The van der Waals surface area contributed by atoms with Gasteiger partial charge in [0.25, 0.3) is 10.0 Å². The van der Waals surface area contributed by atoms with Gasteiger partial charge in [0.05, 0.1) is 43.2 Å². The van der Waals surface area contributed by atoms with Gasteiger partial charge in [0.2, 0.25) is 0 Å². The number of ether oxygens (including phenoxy) is 2. The van der Waals surface area contributed by atoms with Crippen molar-refractivity contribution in [3.8, 4) is 11.5 Å². The first-order valence-corrected chi connectivity index (χ1v) is 10.7. The summed E-state index contributed by atoms with van der Waals surface area (Å²) in [5.41, 5.74) is 2.06. The van der Waals surface area contributed by atoms with Gasteiger partial charge in [-0.25, -0.2) is 13.4 Å². The van der Waals surface area contributed by atoms with Gasteiger partial charge in [-0.05, 0) is 36.4 Å². The van der Waals surface area contributed by atoms with Crippen LogP contribution in [0.25, 0.3) is 5.65 Å². The molecule has 0 amide bonds. The number of sulfonamides is 1. The standard InChI is InChI=1S/C22H21N3O4S/c1-28-20-12-11-19(14-21(20)29-2)30(26,27)25(17-8-4-3-5-9-17)16-18-15-23-22-10-6-7-13-24(18)22/h3-15H,16H2,1-2H3. The Bertz CT molecular complexity index is 1270. The van der Waals surface area contributed by atoms with E-state index < -0.39 is 10.0 Å². The van der Waals surface area contributed by atoms with Crippen LogP contribution in [0.4, 0.5) is 5.69 Å². The number of methoxy groups -OCH3 is 2. The number of anilines is 1. The quantitative estimate of drug-likeness (QED) is 0.453. The normalized spacial score (nSPS) is 11.4. The third-order valence-electron chi connectivity index (χ3n) is 4.79. The molecule has 0 radical (unpaired) electrons. The zero-order valence-electron chi connectivity index (χ0n) is 16.6. The number of para-hydroxylation sites is 1. The van der Waals surface area contributed by atoms with Gasteiger partial charge in [-0.1, -0.05) is 24.3 Å². The van der Waals surface area contributed by atoms with Crippen molar-refractivity contribution in [2.24, 2.45) is 0 Å². The van der Waals surface area contributed by atoms with Crippen molar-refractivity contribution < 1.29 is 17.9 Å². The van der Waals surface area contributed by atoms with Gasteiger partial charge >= 0.3 is 0 Å². The molecule has 0 saturated carbocycles. The second kappa shape index (κ2) is 8.08. The molecule has 0 unspecified atom stereocenters. The van der Waals surface area contributed by atoms with Crippen LogP contribution in [0.15, 0.2) is 84.0 Å². The van der Waals surface area contributed by atoms with Crippen molar-refractivity contribution >= 4 is 21.4 Å². The second-order valence-corrected chi connectivity index (χ2v) is 8.40. The Hall–Kier alpha value is -3.52. The molecule has 0 bridgehead atoms. The average molecular weight is 423 g/mol.